The van der Waals surface area contributed by atoms with Gasteiger partial charge in [-0.15, -0.1) is 22.7 Å². The van der Waals surface area contributed by atoms with Gasteiger partial charge < -0.3 is 5.73 Å². The Bertz CT molecular complexity index is 462. The van der Waals surface area contributed by atoms with Gasteiger partial charge in [-0.25, -0.2) is 4.98 Å². The Morgan fingerprint density at radius 3 is 2.94 bits per heavy atom. The Balaban J connectivity index is 2.07. The number of rotatable bonds is 4. The Hall–Kier alpha value is -0.230. The van der Waals surface area contributed by atoms with Crippen molar-refractivity contribution in [1.82, 2.24) is 4.98 Å². The van der Waals surface area contributed by atoms with Crippen LogP contribution in [0.2, 0.25) is 0 Å². The molecule has 86 valence electrons. The van der Waals surface area contributed by atoms with Gasteiger partial charge in [0.2, 0.25) is 0 Å². The topological polar surface area (TPSA) is 38.9 Å². The number of thiophene rings is 1. The van der Waals surface area contributed by atoms with E-state index in [4.69, 9.17) is 5.73 Å². The molecule has 1 atom stereocenters. The smallest absolute Gasteiger partial charge is 0.0933 e. The minimum Gasteiger partial charge on any atom is -0.328 e. The van der Waals surface area contributed by atoms with Crippen molar-refractivity contribution in [3.63, 3.8) is 0 Å². The lowest BCUT2D eigenvalue weighted by Gasteiger charge is -2.00. The number of aromatic nitrogens is 1. The first-order chi connectivity index (χ1) is 7.65. The van der Waals surface area contributed by atoms with E-state index in [1.165, 1.54) is 9.88 Å². The SMILES string of the molecule is CC(N)CCc1nc(-c2ccc(Br)s2)cs1. The van der Waals surface area contributed by atoms with Crippen molar-refractivity contribution in [2.24, 2.45) is 5.73 Å². The third-order valence-corrected chi connectivity index (χ3v) is 4.75. The van der Waals surface area contributed by atoms with Gasteiger partial charge in [0, 0.05) is 17.8 Å². The molecule has 1 unspecified atom stereocenters. The van der Waals surface area contributed by atoms with Crippen LogP contribution >= 0.6 is 38.6 Å². The predicted octanol–water partition coefficient (Wildman–Crippen LogP) is 3.91. The van der Waals surface area contributed by atoms with Crippen molar-refractivity contribution in [3.8, 4) is 10.6 Å². The molecule has 2 nitrogen and oxygen atoms in total. The summed E-state index contributed by atoms with van der Waals surface area (Å²) in [5, 5.41) is 3.30. The molecular formula is C11H13BrN2S2. The maximum atomic E-state index is 5.73. The second-order valence-corrected chi connectivity index (χ2v) is 7.15. The van der Waals surface area contributed by atoms with Gasteiger partial charge in [0.05, 0.1) is 19.4 Å². The van der Waals surface area contributed by atoms with Crippen LogP contribution < -0.4 is 5.73 Å². The average molecular weight is 317 g/mol. The van der Waals surface area contributed by atoms with Gasteiger partial charge in [0.1, 0.15) is 0 Å². The molecule has 0 radical (unpaired) electrons. The van der Waals surface area contributed by atoms with Gasteiger partial charge in [0.25, 0.3) is 0 Å². The summed E-state index contributed by atoms with van der Waals surface area (Å²) >= 11 is 6.90. The fourth-order valence-electron chi connectivity index (χ4n) is 1.34. The van der Waals surface area contributed by atoms with E-state index in [-0.39, 0.29) is 6.04 Å². The fraction of sp³-hybridized carbons (Fsp3) is 0.364. The van der Waals surface area contributed by atoms with E-state index in [0.29, 0.717) is 0 Å². The van der Waals surface area contributed by atoms with Gasteiger partial charge in [-0.1, -0.05) is 0 Å². The third kappa shape index (κ3) is 3.13. The predicted molar refractivity (Wildman–Crippen MR) is 75.1 cm³/mol. The lowest BCUT2D eigenvalue weighted by atomic mass is 10.2. The summed E-state index contributed by atoms with van der Waals surface area (Å²) < 4.78 is 1.15. The van der Waals surface area contributed by atoms with E-state index >= 15 is 0 Å². The average Bonchev–Trinajstić information content (AvgIpc) is 2.83. The van der Waals surface area contributed by atoms with Crippen LogP contribution in [0, 0.1) is 0 Å². The first kappa shape index (κ1) is 12.2. The summed E-state index contributed by atoms with van der Waals surface area (Å²) in [6.07, 6.45) is 1.98. The largest absolute Gasteiger partial charge is 0.328 e. The zero-order valence-electron chi connectivity index (χ0n) is 8.94. The number of thiazole rings is 1. The van der Waals surface area contributed by atoms with E-state index in [0.717, 1.165) is 22.3 Å². The monoisotopic (exact) mass is 316 g/mol. The molecule has 0 amide bonds. The van der Waals surface area contributed by atoms with Gasteiger partial charge >= 0.3 is 0 Å². The lowest BCUT2D eigenvalue weighted by molar-refractivity contribution is 0.664. The van der Waals surface area contributed by atoms with Crippen molar-refractivity contribution in [2.75, 3.05) is 0 Å². The lowest BCUT2D eigenvalue weighted by Crippen LogP contribution is -2.15. The Morgan fingerprint density at radius 1 is 1.50 bits per heavy atom. The summed E-state index contributed by atoms with van der Waals surface area (Å²) in [6.45, 7) is 2.03. The first-order valence-electron chi connectivity index (χ1n) is 5.11. The normalized spacial score (nSPS) is 12.9. The maximum absolute atomic E-state index is 5.73. The molecule has 2 aromatic rings. The molecule has 0 aliphatic rings. The van der Waals surface area contributed by atoms with Crippen LogP contribution in [0.1, 0.15) is 18.4 Å². The first-order valence-corrected chi connectivity index (χ1v) is 7.60. The molecule has 16 heavy (non-hydrogen) atoms. The van der Waals surface area contributed by atoms with Crippen LogP contribution in [0.3, 0.4) is 0 Å². The molecule has 2 heterocycles. The summed E-state index contributed by atoms with van der Waals surface area (Å²) in [4.78, 5) is 5.84. The molecule has 0 saturated heterocycles. The highest BCUT2D eigenvalue weighted by molar-refractivity contribution is 9.11. The van der Waals surface area contributed by atoms with E-state index in [9.17, 15) is 0 Å². The minimum atomic E-state index is 0.253. The molecule has 0 aliphatic heterocycles. The molecular weight excluding hydrogens is 304 g/mol. The van der Waals surface area contributed by atoms with E-state index in [1.807, 2.05) is 6.92 Å². The highest BCUT2D eigenvalue weighted by atomic mass is 79.9. The number of nitrogens with two attached hydrogens (primary N) is 1. The van der Waals surface area contributed by atoms with E-state index in [1.54, 1.807) is 22.7 Å². The number of nitrogens with zero attached hydrogens (tertiary/aromatic N) is 1. The van der Waals surface area contributed by atoms with Crippen LogP contribution in [-0.2, 0) is 6.42 Å². The molecule has 0 aromatic carbocycles. The quantitative estimate of drug-likeness (QED) is 0.928. The number of halogens is 1. The summed E-state index contributed by atoms with van der Waals surface area (Å²) in [6, 6.07) is 4.41. The Morgan fingerprint density at radius 2 is 2.31 bits per heavy atom. The zero-order valence-corrected chi connectivity index (χ0v) is 12.2. The third-order valence-electron chi connectivity index (χ3n) is 2.19. The Labute approximate surface area is 112 Å². The van der Waals surface area contributed by atoms with Gasteiger partial charge in [-0.3, -0.25) is 0 Å². The molecule has 0 aliphatic carbocycles. The molecule has 5 heteroatoms. The molecule has 2 aromatic heterocycles. The molecule has 0 saturated carbocycles. The van der Waals surface area contributed by atoms with Crippen molar-refractivity contribution < 1.29 is 0 Å². The second kappa shape index (κ2) is 5.40. The fourth-order valence-corrected chi connectivity index (χ4v) is 3.58. The summed E-state index contributed by atoms with van der Waals surface area (Å²) in [5.74, 6) is 0. The van der Waals surface area contributed by atoms with E-state index in [2.05, 4.69) is 38.4 Å². The van der Waals surface area contributed by atoms with Crippen LogP contribution in [0.4, 0.5) is 0 Å². The van der Waals surface area contributed by atoms with Gasteiger partial charge in [0.15, 0.2) is 0 Å². The van der Waals surface area contributed by atoms with Crippen molar-refractivity contribution >= 4 is 38.6 Å². The molecule has 0 fully saturated rings. The number of hydrogen-bond donors (Lipinski definition) is 1. The van der Waals surface area contributed by atoms with E-state index < -0.39 is 0 Å². The maximum Gasteiger partial charge on any atom is 0.0933 e. The highest BCUT2D eigenvalue weighted by Crippen LogP contribution is 2.32. The van der Waals surface area contributed by atoms with Crippen LogP contribution in [0.5, 0.6) is 0 Å². The number of hydrogen-bond acceptors (Lipinski definition) is 4. The molecule has 0 bridgehead atoms. The zero-order chi connectivity index (χ0) is 11.5. The van der Waals surface area contributed by atoms with Gasteiger partial charge in [-0.05, 0) is 41.4 Å². The molecule has 0 spiro atoms. The summed E-state index contributed by atoms with van der Waals surface area (Å²) in [7, 11) is 0. The van der Waals surface area contributed by atoms with Crippen molar-refractivity contribution in [2.45, 2.75) is 25.8 Å². The summed E-state index contributed by atoms with van der Waals surface area (Å²) in [5.41, 5.74) is 6.82. The molecule has 2 N–H and O–H groups in total. The molecule has 2 rings (SSSR count). The van der Waals surface area contributed by atoms with Crippen LogP contribution in [-0.4, -0.2) is 11.0 Å². The minimum absolute atomic E-state index is 0.253. The van der Waals surface area contributed by atoms with Gasteiger partial charge in [-0.2, -0.15) is 0 Å². The number of aryl methyl sites for hydroxylation is 1. The van der Waals surface area contributed by atoms with Crippen LogP contribution in [0.15, 0.2) is 21.3 Å². The van der Waals surface area contributed by atoms with Crippen LogP contribution in [0.25, 0.3) is 10.6 Å². The van der Waals surface area contributed by atoms with Crippen molar-refractivity contribution in [1.29, 1.82) is 0 Å². The second-order valence-electron chi connectivity index (χ2n) is 3.75. The van der Waals surface area contributed by atoms with Crippen molar-refractivity contribution in [3.05, 3.63) is 26.3 Å². The Kier molecular flexibility index (Phi) is 4.13. The standard InChI is InChI=1S/C11H13BrN2S2/c1-7(13)2-5-11-14-8(6-15-11)9-3-4-10(12)16-9/h3-4,6-7H,2,5,13H2,1H3. The highest BCUT2D eigenvalue weighted by Gasteiger charge is 2.07.